The van der Waals surface area contributed by atoms with Crippen LogP contribution in [0.2, 0.25) is 0 Å². The Balaban J connectivity index is 1.82. The number of aromatic nitrogens is 3. The number of rotatable bonds is 11. The maximum absolute atomic E-state index is 13.0. The van der Waals surface area contributed by atoms with Crippen LogP contribution in [0.25, 0.3) is 11.1 Å². The average Bonchev–Trinajstić information content (AvgIpc) is 3.12. The summed E-state index contributed by atoms with van der Waals surface area (Å²) in [5.74, 6) is 5.58. The van der Waals surface area contributed by atoms with Gasteiger partial charge in [0.05, 0.1) is 12.1 Å². The third-order valence-corrected chi connectivity index (χ3v) is 5.67. The zero-order chi connectivity index (χ0) is 23.6. The van der Waals surface area contributed by atoms with Crippen LogP contribution in [0, 0.1) is 11.8 Å². The Hall–Kier alpha value is -3.59. The van der Waals surface area contributed by atoms with Crippen LogP contribution >= 0.6 is 0 Å². The van der Waals surface area contributed by atoms with Crippen molar-refractivity contribution in [3.05, 3.63) is 76.0 Å². The number of hydrogen-bond acceptors (Lipinski definition) is 3. The second kappa shape index (κ2) is 11.9. The lowest BCUT2D eigenvalue weighted by atomic mass is 9.99. The van der Waals surface area contributed by atoms with Crippen molar-refractivity contribution in [2.24, 2.45) is 0 Å². The maximum Gasteiger partial charge on any atom is 0.347 e. The maximum atomic E-state index is 13.0. The molecule has 3 rings (SSSR count). The topological polar surface area (TPSA) is 77.1 Å². The van der Waals surface area contributed by atoms with E-state index in [0.717, 1.165) is 36.2 Å². The molecular formula is C27H31N3O3. The number of unbranched alkanes of at least 4 members (excludes halogenated alkanes) is 4. The molecule has 0 aliphatic rings. The van der Waals surface area contributed by atoms with Gasteiger partial charge in [0.25, 0.3) is 0 Å². The number of benzene rings is 2. The summed E-state index contributed by atoms with van der Waals surface area (Å²) < 4.78 is 3.17. The van der Waals surface area contributed by atoms with Crippen LogP contribution in [-0.4, -0.2) is 25.4 Å². The monoisotopic (exact) mass is 445 g/mol. The van der Waals surface area contributed by atoms with Crippen molar-refractivity contribution in [2.75, 3.05) is 0 Å². The van der Waals surface area contributed by atoms with Crippen LogP contribution in [0.15, 0.2) is 53.3 Å². The largest absolute Gasteiger partial charge is 0.478 e. The number of nitrogens with zero attached hydrogens (tertiary/aromatic N) is 3. The van der Waals surface area contributed by atoms with E-state index in [4.69, 9.17) is 0 Å². The Morgan fingerprint density at radius 3 is 2.45 bits per heavy atom. The molecule has 0 aliphatic heterocycles. The normalized spacial score (nSPS) is 10.6. The van der Waals surface area contributed by atoms with Gasteiger partial charge < -0.3 is 5.11 Å². The van der Waals surface area contributed by atoms with Crippen molar-refractivity contribution >= 4 is 5.97 Å². The summed E-state index contributed by atoms with van der Waals surface area (Å²) in [4.78, 5) is 24.5. The minimum atomic E-state index is -0.951. The fourth-order valence-electron chi connectivity index (χ4n) is 3.87. The van der Waals surface area contributed by atoms with Gasteiger partial charge in [0.1, 0.15) is 12.4 Å². The number of carboxylic acid groups (broad SMARTS) is 1. The molecule has 0 saturated carbocycles. The number of aryl methyl sites for hydroxylation is 1. The molecule has 0 radical (unpaired) electrons. The number of hydrogen-bond donors (Lipinski definition) is 1. The highest BCUT2D eigenvalue weighted by Crippen LogP contribution is 2.24. The summed E-state index contributed by atoms with van der Waals surface area (Å²) in [5.41, 5.74) is 2.58. The summed E-state index contributed by atoms with van der Waals surface area (Å²) in [6.07, 6.45) is 6.51. The van der Waals surface area contributed by atoms with Crippen molar-refractivity contribution in [1.82, 2.24) is 14.3 Å². The Morgan fingerprint density at radius 2 is 1.76 bits per heavy atom. The molecule has 6 nitrogen and oxygen atoms in total. The highest BCUT2D eigenvalue weighted by atomic mass is 16.4. The van der Waals surface area contributed by atoms with Crippen molar-refractivity contribution < 1.29 is 9.90 Å². The van der Waals surface area contributed by atoms with E-state index in [1.54, 1.807) is 29.7 Å². The SMILES string of the molecule is CC#CCn1nc(CCCCCCC)n(Cc2ccc(-c3ccccc3C(=O)O)cc2)c1=O. The van der Waals surface area contributed by atoms with Crippen molar-refractivity contribution in [1.29, 1.82) is 0 Å². The zero-order valence-corrected chi connectivity index (χ0v) is 19.4. The van der Waals surface area contributed by atoms with E-state index in [-0.39, 0.29) is 17.8 Å². The molecule has 1 N–H and O–H groups in total. The van der Waals surface area contributed by atoms with Gasteiger partial charge in [-0.15, -0.1) is 5.92 Å². The van der Waals surface area contributed by atoms with E-state index >= 15 is 0 Å². The fourth-order valence-corrected chi connectivity index (χ4v) is 3.87. The highest BCUT2D eigenvalue weighted by Gasteiger charge is 2.14. The first kappa shape index (κ1) is 24.1. The highest BCUT2D eigenvalue weighted by molar-refractivity contribution is 5.95. The molecule has 0 aliphatic carbocycles. The molecule has 0 saturated heterocycles. The third-order valence-electron chi connectivity index (χ3n) is 5.67. The van der Waals surface area contributed by atoms with E-state index in [1.807, 2.05) is 30.3 Å². The van der Waals surface area contributed by atoms with Gasteiger partial charge in [-0.25, -0.2) is 14.3 Å². The summed E-state index contributed by atoms with van der Waals surface area (Å²) in [6, 6.07) is 14.6. The van der Waals surface area contributed by atoms with Crippen molar-refractivity contribution in [3.63, 3.8) is 0 Å². The lowest BCUT2D eigenvalue weighted by molar-refractivity contribution is 0.0697. The second-order valence-corrected chi connectivity index (χ2v) is 8.08. The van der Waals surface area contributed by atoms with E-state index in [1.165, 1.54) is 23.9 Å². The number of carbonyl (C=O) groups is 1. The second-order valence-electron chi connectivity index (χ2n) is 8.08. The van der Waals surface area contributed by atoms with Crippen LogP contribution in [0.3, 0.4) is 0 Å². The van der Waals surface area contributed by atoms with Gasteiger partial charge in [-0.1, -0.05) is 81.0 Å². The predicted octanol–water partition coefficient (Wildman–Crippen LogP) is 4.99. The molecule has 0 fully saturated rings. The summed E-state index contributed by atoms with van der Waals surface area (Å²) in [7, 11) is 0. The molecule has 0 bridgehead atoms. The van der Waals surface area contributed by atoms with Gasteiger partial charge >= 0.3 is 11.7 Å². The molecule has 0 spiro atoms. The van der Waals surface area contributed by atoms with E-state index in [2.05, 4.69) is 23.9 Å². The molecule has 2 aromatic carbocycles. The molecule has 3 aromatic rings. The Kier molecular flexibility index (Phi) is 8.65. The standard InChI is InChI=1S/C27H31N3O3/c1-3-5-7-8-9-14-25-28-30(19-6-4-2)27(33)29(25)20-21-15-17-22(18-16-21)23-12-10-11-13-24(23)26(31)32/h10-13,15-18H,3,5,7-9,14,19-20H2,1-2H3,(H,31,32). The number of aromatic carboxylic acids is 1. The first-order valence-electron chi connectivity index (χ1n) is 11.5. The molecular weight excluding hydrogens is 414 g/mol. The van der Waals surface area contributed by atoms with Crippen LogP contribution in [0.4, 0.5) is 0 Å². The van der Waals surface area contributed by atoms with Gasteiger partial charge in [0.15, 0.2) is 0 Å². The van der Waals surface area contributed by atoms with Crippen molar-refractivity contribution in [2.45, 2.75) is 65.5 Å². The van der Waals surface area contributed by atoms with E-state index in [9.17, 15) is 14.7 Å². The first-order chi connectivity index (χ1) is 16.0. The summed E-state index contributed by atoms with van der Waals surface area (Å²) in [5, 5.41) is 14.0. The van der Waals surface area contributed by atoms with Gasteiger partial charge in [-0.2, -0.15) is 5.10 Å². The minimum Gasteiger partial charge on any atom is -0.478 e. The third kappa shape index (κ3) is 6.23. The lowest BCUT2D eigenvalue weighted by Crippen LogP contribution is -2.25. The van der Waals surface area contributed by atoms with Crippen LogP contribution < -0.4 is 5.69 Å². The minimum absolute atomic E-state index is 0.151. The van der Waals surface area contributed by atoms with Gasteiger partial charge in [-0.05, 0) is 36.1 Å². The molecule has 33 heavy (non-hydrogen) atoms. The van der Waals surface area contributed by atoms with Gasteiger partial charge in [0, 0.05) is 6.42 Å². The lowest BCUT2D eigenvalue weighted by Gasteiger charge is -2.09. The van der Waals surface area contributed by atoms with Crippen LogP contribution in [0.5, 0.6) is 0 Å². The average molecular weight is 446 g/mol. The Labute approximate surface area is 194 Å². The molecule has 1 heterocycles. The van der Waals surface area contributed by atoms with Crippen LogP contribution in [-0.2, 0) is 19.5 Å². The predicted molar refractivity (Wildman–Crippen MR) is 130 cm³/mol. The zero-order valence-electron chi connectivity index (χ0n) is 19.4. The Bertz CT molecular complexity index is 1190. The molecule has 0 atom stereocenters. The molecule has 172 valence electrons. The number of carboxylic acids is 1. The first-order valence-corrected chi connectivity index (χ1v) is 11.5. The summed E-state index contributed by atoms with van der Waals surface area (Å²) >= 11 is 0. The van der Waals surface area contributed by atoms with Gasteiger partial charge in [-0.3, -0.25) is 4.57 Å². The Morgan fingerprint density at radius 1 is 1.03 bits per heavy atom. The van der Waals surface area contributed by atoms with Crippen LogP contribution in [0.1, 0.15) is 67.7 Å². The van der Waals surface area contributed by atoms with Gasteiger partial charge in [0.2, 0.25) is 0 Å². The quantitative estimate of drug-likeness (QED) is 0.333. The van der Waals surface area contributed by atoms with Crippen molar-refractivity contribution in [3.8, 4) is 23.0 Å². The smallest absolute Gasteiger partial charge is 0.347 e. The van der Waals surface area contributed by atoms with E-state index < -0.39 is 5.97 Å². The fraction of sp³-hybridized carbons (Fsp3) is 0.370. The van der Waals surface area contributed by atoms with E-state index in [0.29, 0.717) is 12.1 Å². The molecule has 0 unspecified atom stereocenters. The molecule has 0 amide bonds. The molecule has 1 aromatic heterocycles. The summed E-state index contributed by atoms with van der Waals surface area (Å²) in [6.45, 7) is 4.65. The molecule has 6 heteroatoms.